The molecule has 0 aliphatic rings. The minimum atomic E-state index is -1.20. The van der Waals surface area contributed by atoms with Crippen LogP contribution in [0.2, 0.25) is 0 Å². The molecule has 0 saturated heterocycles. The summed E-state index contributed by atoms with van der Waals surface area (Å²) < 4.78 is 16.9. The first-order valence-corrected chi connectivity index (χ1v) is 7.10. The van der Waals surface area contributed by atoms with Crippen molar-refractivity contribution in [3.05, 3.63) is 12.7 Å². The summed E-state index contributed by atoms with van der Waals surface area (Å²) in [5.74, 6) is -1.20. The Labute approximate surface area is 121 Å². The number of hydrogen-bond donors (Lipinski definition) is 3. The maximum atomic E-state index is 8.82. The molecule has 0 radical (unpaired) electrons. The predicted molar refractivity (Wildman–Crippen MR) is 75.1 cm³/mol. The Balaban J connectivity index is 4.51. The lowest BCUT2D eigenvalue weighted by Crippen LogP contribution is -2.40. The van der Waals surface area contributed by atoms with Crippen molar-refractivity contribution in [3.63, 3.8) is 0 Å². The molecule has 0 bridgehead atoms. The predicted octanol–water partition coefficient (Wildman–Crippen LogP) is 0.803. The lowest BCUT2D eigenvalue weighted by Gasteiger charge is -2.33. The molecule has 0 spiro atoms. The molecule has 3 N–H and O–H groups in total. The second-order valence-corrected chi connectivity index (χ2v) is 4.29. The highest BCUT2D eigenvalue weighted by molar-refractivity contribution is 4.71. The Bertz CT molecular complexity index is 195. The first-order chi connectivity index (χ1) is 9.74. The third-order valence-electron chi connectivity index (χ3n) is 2.53. The van der Waals surface area contributed by atoms with Gasteiger partial charge in [-0.3, -0.25) is 0 Å². The van der Waals surface area contributed by atoms with Gasteiger partial charge in [0, 0.05) is 26.2 Å². The summed E-state index contributed by atoms with van der Waals surface area (Å²) >= 11 is 0. The van der Waals surface area contributed by atoms with Crippen molar-refractivity contribution >= 4 is 0 Å². The van der Waals surface area contributed by atoms with E-state index in [-0.39, 0.29) is 19.8 Å². The van der Waals surface area contributed by atoms with E-state index >= 15 is 0 Å². The number of rotatable bonds is 15. The van der Waals surface area contributed by atoms with Crippen LogP contribution in [-0.2, 0) is 14.2 Å². The van der Waals surface area contributed by atoms with Gasteiger partial charge in [-0.25, -0.2) is 0 Å². The van der Waals surface area contributed by atoms with Crippen LogP contribution in [0.3, 0.4) is 0 Å². The van der Waals surface area contributed by atoms with Gasteiger partial charge in [-0.15, -0.1) is 6.58 Å². The van der Waals surface area contributed by atoms with Crippen LogP contribution in [0, 0.1) is 0 Å². The van der Waals surface area contributed by atoms with Crippen molar-refractivity contribution < 1.29 is 29.5 Å². The van der Waals surface area contributed by atoms with Gasteiger partial charge in [0.2, 0.25) is 0 Å². The lowest BCUT2D eigenvalue weighted by atomic mass is 10.2. The SMILES string of the molecule is C=CCCC(OCCCO)(OCCCO)OCCCO. The van der Waals surface area contributed by atoms with Gasteiger partial charge in [0.1, 0.15) is 0 Å². The topological polar surface area (TPSA) is 88.4 Å². The van der Waals surface area contributed by atoms with Crippen molar-refractivity contribution in [3.8, 4) is 0 Å². The largest absolute Gasteiger partial charge is 0.396 e. The first-order valence-electron chi connectivity index (χ1n) is 7.10. The highest BCUT2D eigenvalue weighted by Gasteiger charge is 2.32. The van der Waals surface area contributed by atoms with Gasteiger partial charge in [-0.2, -0.15) is 0 Å². The summed E-state index contributed by atoms with van der Waals surface area (Å²) in [6.45, 7) is 4.70. The highest BCUT2D eigenvalue weighted by atomic mass is 16.9. The van der Waals surface area contributed by atoms with E-state index in [9.17, 15) is 0 Å². The van der Waals surface area contributed by atoms with E-state index in [1.807, 2.05) is 0 Å². The van der Waals surface area contributed by atoms with Crippen LogP contribution in [0.1, 0.15) is 32.1 Å². The van der Waals surface area contributed by atoms with Crippen LogP contribution >= 0.6 is 0 Å². The number of aliphatic hydroxyl groups excluding tert-OH is 3. The van der Waals surface area contributed by atoms with Crippen molar-refractivity contribution in [1.29, 1.82) is 0 Å². The number of aliphatic hydroxyl groups is 3. The molecule has 0 unspecified atom stereocenters. The molecule has 20 heavy (non-hydrogen) atoms. The summed E-state index contributed by atoms with van der Waals surface area (Å²) in [6.07, 6.45) is 4.33. The third-order valence-corrected chi connectivity index (χ3v) is 2.53. The quantitative estimate of drug-likeness (QED) is 0.235. The van der Waals surface area contributed by atoms with Gasteiger partial charge in [-0.1, -0.05) is 6.08 Å². The molecule has 120 valence electrons. The van der Waals surface area contributed by atoms with Gasteiger partial charge in [0.05, 0.1) is 19.8 Å². The van der Waals surface area contributed by atoms with E-state index in [4.69, 9.17) is 29.5 Å². The average molecular weight is 292 g/mol. The molecule has 0 aromatic carbocycles. The zero-order valence-corrected chi connectivity index (χ0v) is 12.1. The Morgan fingerprint density at radius 1 is 0.800 bits per heavy atom. The van der Waals surface area contributed by atoms with Crippen molar-refractivity contribution in [2.24, 2.45) is 0 Å². The zero-order chi connectivity index (χ0) is 15.1. The molecule has 0 saturated carbocycles. The lowest BCUT2D eigenvalue weighted by molar-refractivity contribution is -0.384. The molecule has 0 atom stereocenters. The number of ether oxygens (including phenoxy) is 3. The fourth-order valence-electron chi connectivity index (χ4n) is 1.50. The van der Waals surface area contributed by atoms with Crippen molar-refractivity contribution in [1.82, 2.24) is 0 Å². The fourth-order valence-corrected chi connectivity index (χ4v) is 1.50. The minimum Gasteiger partial charge on any atom is -0.396 e. The summed E-state index contributed by atoms with van der Waals surface area (Å²) in [4.78, 5) is 0. The van der Waals surface area contributed by atoms with Crippen LogP contribution in [0.4, 0.5) is 0 Å². The molecule has 0 aliphatic carbocycles. The van der Waals surface area contributed by atoms with E-state index in [2.05, 4.69) is 6.58 Å². The minimum absolute atomic E-state index is 0.0326. The Morgan fingerprint density at radius 2 is 1.20 bits per heavy atom. The van der Waals surface area contributed by atoms with E-state index in [1.165, 1.54) is 0 Å². The molecule has 0 heterocycles. The number of allylic oxidation sites excluding steroid dienone is 1. The third kappa shape index (κ3) is 9.41. The molecule has 0 fully saturated rings. The molecular formula is C14H28O6. The van der Waals surface area contributed by atoms with Crippen LogP contribution < -0.4 is 0 Å². The molecule has 0 rings (SSSR count). The monoisotopic (exact) mass is 292 g/mol. The summed E-state index contributed by atoms with van der Waals surface area (Å²) in [5.41, 5.74) is 0. The second-order valence-electron chi connectivity index (χ2n) is 4.29. The van der Waals surface area contributed by atoms with Crippen LogP contribution in [0.25, 0.3) is 0 Å². The maximum absolute atomic E-state index is 8.82. The Hall–Kier alpha value is -0.500. The molecule has 0 aromatic rings. The maximum Gasteiger partial charge on any atom is 0.283 e. The average Bonchev–Trinajstić information content (AvgIpc) is 2.46. The van der Waals surface area contributed by atoms with E-state index in [0.717, 1.165) is 0 Å². The van der Waals surface area contributed by atoms with Gasteiger partial charge in [-0.05, 0) is 25.7 Å². The Morgan fingerprint density at radius 3 is 1.50 bits per heavy atom. The summed E-state index contributed by atoms with van der Waals surface area (Å²) in [7, 11) is 0. The summed E-state index contributed by atoms with van der Waals surface area (Å²) in [5, 5.41) is 26.5. The summed E-state index contributed by atoms with van der Waals surface area (Å²) in [6, 6.07) is 0. The van der Waals surface area contributed by atoms with Gasteiger partial charge < -0.3 is 29.5 Å². The van der Waals surface area contributed by atoms with Crippen molar-refractivity contribution in [2.45, 2.75) is 38.1 Å². The molecule has 0 amide bonds. The normalized spacial score (nSPS) is 11.8. The highest BCUT2D eigenvalue weighted by Crippen LogP contribution is 2.23. The van der Waals surface area contributed by atoms with Crippen LogP contribution in [0.15, 0.2) is 12.7 Å². The molecular weight excluding hydrogens is 264 g/mol. The van der Waals surface area contributed by atoms with Gasteiger partial charge >= 0.3 is 0 Å². The van der Waals surface area contributed by atoms with E-state index in [1.54, 1.807) is 6.08 Å². The fraction of sp³-hybridized carbons (Fsp3) is 0.857. The van der Waals surface area contributed by atoms with E-state index < -0.39 is 5.97 Å². The second kappa shape index (κ2) is 13.5. The van der Waals surface area contributed by atoms with E-state index in [0.29, 0.717) is 51.9 Å². The smallest absolute Gasteiger partial charge is 0.283 e. The van der Waals surface area contributed by atoms with Crippen LogP contribution in [-0.4, -0.2) is 60.9 Å². The molecule has 0 aliphatic heterocycles. The Kier molecular flexibility index (Phi) is 13.1. The van der Waals surface area contributed by atoms with Crippen molar-refractivity contribution in [2.75, 3.05) is 39.6 Å². The standard InChI is InChI=1S/C14H28O6/c1-2-3-7-14(18-11-4-8-15,19-12-5-9-16)20-13-6-10-17/h2,15-17H,1,3-13H2. The molecule has 0 aromatic heterocycles. The van der Waals surface area contributed by atoms with Gasteiger partial charge in [0.15, 0.2) is 0 Å². The van der Waals surface area contributed by atoms with Crippen LogP contribution in [0.5, 0.6) is 0 Å². The number of hydrogen-bond acceptors (Lipinski definition) is 6. The molecule has 6 nitrogen and oxygen atoms in total. The van der Waals surface area contributed by atoms with Gasteiger partial charge in [0.25, 0.3) is 5.97 Å². The molecule has 6 heteroatoms. The zero-order valence-electron chi connectivity index (χ0n) is 12.1. The first kappa shape index (κ1) is 19.5.